The van der Waals surface area contributed by atoms with Gasteiger partial charge in [0.1, 0.15) is 5.75 Å². The number of benzene rings is 1. The molecule has 3 heterocycles. The van der Waals surface area contributed by atoms with E-state index in [0.29, 0.717) is 31.2 Å². The minimum atomic E-state index is -0.108. The maximum atomic E-state index is 12.7. The van der Waals surface area contributed by atoms with Gasteiger partial charge in [0.2, 0.25) is 5.91 Å². The Morgan fingerprint density at radius 2 is 2.04 bits per heavy atom. The molecule has 0 radical (unpaired) electrons. The number of ether oxygens (including phenoxy) is 1. The summed E-state index contributed by atoms with van der Waals surface area (Å²) < 4.78 is 5.62. The number of hydrogen-bond donors (Lipinski definition) is 0. The molecule has 0 aliphatic carbocycles. The Hall–Kier alpha value is -2.96. The Kier molecular flexibility index (Phi) is 5.23. The molecule has 0 bridgehead atoms. The van der Waals surface area contributed by atoms with Crippen LogP contribution >= 0.6 is 0 Å². The molecule has 28 heavy (non-hydrogen) atoms. The second kappa shape index (κ2) is 7.96. The number of nitrogens with zero attached hydrogens (tertiary/aromatic N) is 4. The summed E-state index contributed by atoms with van der Waals surface area (Å²) in [6.45, 7) is 3.53. The maximum Gasteiger partial charge on any atom is 0.261 e. The lowest BCUT2D eigenvalue weighted by molar-refractivity contribution is -0.134. The van der Waals surface area contributed by atoms with Crippen LogP contribution in [0.25, 0.3) is 0 Å². The van der Waals surface area contributed by atoms with Crippen molar-refractivity contribution in [2.45, 2.75) is 38.8 Å². The predicted molar refractivity (Wildman–Crippen MR) is 102 cm³/mol. The molecular formula is C21H24N4O3. The van der Waals surface area contributed by atoms with E-state index in [9.17, 15) is 9.59 Å². The number of carbonyl (C=O) groups is 2. The van der Waals surface area contributed by atoms with Crippen LogP contribution in [-0.2, 0) is 22.6 Å². The first-order chi connectivity index (χ1) is 13.6. The highest BCUT2D eigenvalue weighted by Gasteiger charge is 2.33. The van der Waals surface area contributed by atoms with Gasteiger partial charge in [-0.25, -0.2) is 9.97 Å². The Morgan fingerprint density at radius 3 is 2.82 bits per heavy atom. The smallest absolute Gasteiger partial charge is 0.261 e. The molecule has 0 N–H and O–H groups in total. The quantitative estimate of drug-likeness (QED) is 0.812. The number of para-hydroxylation sites is 1. The van der Waals surface area contributed by atoms with E-state index in [2.05, 4.69) is 4.98 Å². The van der Waals surface area contributed by atoms with E-state index in [1.807, 2.05) is 41.4 Å². The third-order valence-corrected chi connectivity index (χ3v) is 5.37. The summed E-state index contributed by atoms with van der Waals surface area (Å²) in [4.78, 5) is 37.2. The summed E-state index contributed by atoms with van der Waals surface area (Å²) in [5, 5.41) is 0. The molecule has 1 aromatic heterocycles. The zero-order valence-electron chi connectivity index (χ0n) is 16.0. The normalized spacial score (nSPS) is 18.7. The van der Waals surface area contributed by atoms with Crippen LogP contribution in [0.15, 0.2) is 36.5 Å². The summed E-state index contributed by atoms with van der Waals surface area (Å²) >= 11 is 0. The van der Waals surface area contributed by atoms with E-state index in [4.69, 9.17) is 9.72 Å². The van der Waals surface area contributed by atoms with Gasteiger partial charge in [0.15, 0.2) is 12.4 Å². The summed E-state index contributed by atoms with van der Waals surface area (Å²) in [6, 6.07) is 9.24. The lowest BCUT2D eigenvalue weighted by Gasteiger charge is -2.28. The molecule has 1 atom stereocenters. The van der Waals surface area contributed by atoms with Crippen LogP contribution in [0.4, 0.5) is 0 Å². The number of carbonyl (C=O) groups excluding carboxylic acids is 2. The molecule has 2 aliphatic rings. The minimum absolute atomic E-state index is 0.0129. The zero-order valence-corrected chi connectivity index (χ0v) is 16.0. The molecule has 4 rings (SSSR count). The number of aromatic nitrogens is 2. The molecule has 1 saturated heterocycles. The van der Waals surface area contributed by atoms with E-state index in [1.54, 1.807) is 11.8 Å². The topological polar surface area (TPSA) is 75.6 Å². The van der Waals surface area contributed by atoms with Gasteiger partial charge in [0.25, 0.3) is 5.91 Å². The van der Waals surface area contributed by atoms with Crippen molar-refractivity contribution in [3.63, 3.8) is 0 Å². The molecule has 0 unspecified atom stereocenters. The van der Waals surface area contributed by atoms with Gasteiger partial charge in [-0.15, -0.1) is 0 Å². The van der Waals surface area contributed by atoms with Crippen LogP contribution in [0.3, 0.4) is 0 Å². The second-order valence-corrected chi connectivity index (χ2v) is 7.24. The highest BCUT2D eigenvalue weighted by atomic mass is 16.5. The van der Waals surface area contributed by atoms with Crippen molar-refractivity contribution in [1.29, 1.82) is 0 Å². The highest BCUT2D eigenvalue weighted by Crippen LogP contribution is 2.31. The average molecular weight is 380 g/mol. The first-order valence-corrected chi connectivity index (χ1v) is 9.69. The number of likely N-dealkylation sites (tertiary alicyclic amines) is 1. The number of amides is 2. The number of fused-ring (bicyclic) bond motifs is 1. The molecule has 146 valence electrons. The largest absolute Gasteiger partial charge is 0.484 e. The molecule has 1 fully saturated rings. The number of hydrogen-bond acceptors (Lipinski definition) is 5. The van der Waals surface area contributed by atoms with Crippen LogP contribution < -0.4 is 4.74 Å². The molecule has 7 nitrogen and oxygen atoms in total. The first-order valence-electron chi connectivity index (χ1n) is 9.69. The Bertz CT molecular complexity index is 871. The molecule has 0 spiro atoms. The van der Waals surface area contributed by atoms with E-state index in [0.717, 1.165) is 30.5 Å². The minimum Gasteiger partial charge on any atom is -0.484 e. The lowest BCUT2D eigenvalue weighted by atomic mass is 10.1. The summed E-state index contributed by atoms with van der Waals surface area (Å²) in [6.07, 6.45) is 4.33. The van der Waals surface area contributed by atoms with Crippen molar-refractivity contribution < 1.29 is 14.3 Å². The molecule has 2 aromatic rings. The monoisotopic (exact) mass is 380 g/mol. The Balaban J connectivity index is 1.45. The van der Waals surface area contributed by atoms with Gasteiger partial charge in [-0.3, -0.25) is 9.59 Å². The van der Waals surface area contributed by atoms with Gasteiger partial charge in [0.05, 0.1) is 11.7 Å². The van der Waals surface area contributed by atoms with Crippen LogP contribution in [0.2, 0.25) is 0 Å². The fraction of sp³-hybridized carbons (Fsp3) is 0.429. The van der Waals surface area contributed by atoms with Gasteiger partial charge in [-0.05, 0) is 25.0 Å². The highest BCUT2D eigenvalue weighted by molar-refractivity contribution is 5.78. The SMILES string of the molecule is CC(=O)N1CCc2nc([C@H]3CCCN3C(=O)COc3ccccc3)ncc2C1. The van der Waals surface area contributed by atoms with E-state index < -0.39 is 0 Å². The lowest BCUT2D eigenvalue weighted by Crippen LogP contribution is -2.37. The van der Waals surface area contributed by atoms with Gasteiger partial charge in [-0.1, -0.05) is 18.2 Å². The predicted octanol–water partition coefficient (Wildman–Crippen LogP) is 2.12. The van der Waals surface area contributed by atoms with Crippen molar-refractivity contribution in [1.82, 2.24) is 19.8 Å². The summed E-state index contributed by atoms with van der Waals surface area (Å²) in [5.74, 6) is 1.41. The van der Waals surface area contributed by atoms with Crippen molar-refractivity contribution >= 4 is 11.8 Å². The molecule has 2 aliphatic heterocycles. The van der Waals surface area contributed by atoms with Gasteiger partial charge in [-0.2, -0.15) is 0 Å². The third-order valence-electron chi connectivity index (χ3n) is 5.37. The molecule has 2 amide bonds. The van der Waals surface area contributed by atoms with E-state index in [1.165, 1.54) is 0 Å². The van der Waals surface area contributed by atoms with Crippen molar-refractivity contribution in [2.24, 2.45) is 0 Å². The molecule has 1 aromatic carbocycles. The Labute approximate surface area is 164 Å². The molecule has 7 heteroatoms. The summed E-state index contributed by atoms with van der Waals surface area (Å²) in [7, 11) is 0. The van der Waals surface area contributed by atoms with Crippen LogP contribution in [-0.4, -0.2) is 51.3 Å². The fourth-order valence-corrected chi connectivity index (χ4v) is 3.84. The molecule has 0 saturated carbocycles. The Morgan fingerprint density at radius 1 is 1.21 bits per heavy atom. The molecular weight excluding hydrogens is 356 g/mol. The van der Waals surface area contributed by atoms with Gasteiger partial charge in [0, 0.05) is 44.7 Å². The van der Waals surface area contributed by atoms with E-state index in [-0.39, 0.29) is 24.5 Å². The van der Waals surface area contributed by atoms with Crippen LogP contribution in [0.5, 0.6) is 5.75 Å². The van der Waals surface area contributed by atoms with Crippen molar-refractivity contribution in [3.05, 3.63) is 53.6 Å². The van der Waals surface area contributed by atoms with Crippen molar-refractivity contribution in [2.75, 3.05) is 19.7 Å². The maximum absolute atomic E-state index is 12.7. The van der Waals surface area contributed by atoms with Gasteiger partial charge >= 0.3 is 0 Å². The first kappa shape index (κ1) is 18.4. The van der Waals surface area contributed by atoms with Crippen LogP contribution in [0.1, 0.15) is 42.9 Å². The average Bonchev–Trinajstić information content (AvgIpc) is 3.22. The zero-order chi connectivity index (χ0) is 19.5. The van der Waals surface area contributed by atoms with Crippen molar-refractivity contribution in [3.8, 4) is 5.75 Å². The van der Waals surface area contributed by atoms with Gasteiger partial charge < -0.3 is 14.5 Å². The van der Waals surface area contributed by atoms with Crippen LogP contribution in [0, 0.1) is 0 Å². The second-order valence-electron chi connectivity index (χ2n) is 7.24. The standard InChI is InChI=1S/C21H24N4O3/c1-15(26)24-11-9-18-16(13-24)12-22-21(23-18)19-8-5-10-25(19)20(27)14-28-17-6-3-2-4-7-17/h2-4,6-7,12,19H,5,8-11,13-14H2,1H3/t19-/m1/s1. The van der Waals surface area contributed by atoms with E-state index >= 15 is 0 Å². The third kappa shape index (κ3) is 3.83. The number of rotatable bonds is 4. The summed E-state index contributed by atoms with van der Waals surface area (Å²) in [5.41, 5.74) is 1.98. The fourth-order valence-electron chi connectivity index (χ4n) is 3.84.